The van der Waals surface area contributed by atoms with E-state index in [1.165, 1.54) is 17.0 Å². The van der Waals surface area contributed by atoms with Gasteiger partial charge in [-0.15, -0.1) is 0 Å². The Balaban J connectivity index is 2.10. The Bertz CT molecular complexity index is 1480. The molecule has 0 aliphatic carbocycles. The van der Waals surface area contributed by atoms with Crippen LogP contribution < -0.4 is 14.4 Å². The number of halogens is 2. The minimum atomic E-state index is -4.20. The van der Waals surface area contributed by atoms with Gasteiger partial charge in [0.05, 0.1) is 17.2 Å². The smallest absolute Gasteiger partial charge is 0.264 e. The second-order valence-corrected chi connectivity index (χ2v) is 12.9. The molecule has 3 aromatic carbocycles. The molecule has 232 valence electrons. The Labute approximate surface area is 265 Å². The lowest BCUT2D eigenvalue weighted by molar-refractivity contribution is -0.140. The molecule has 43 heavy (non-hydrogen) atoms. The van der Waals surface area contributed by atoms with Crippen LogP contribution >= 0.6 is 23.2 Å². The van der Waals surface area contributed by atoms with E-state index >= 15 is 0 Å². The van der Waals surface area contributed by atoms with Crippen molar-refractivity contribution in [2.24, 2.45) is 0 Å². The Morgan fingerprint density at radius 2 is 1.51 bits per heavy atom. The number of benzene rings is 3. The molecule has 0 fully saturated rings. The number of carbonyl (C=O) groups is 2. The van der Waals surface area contributed by atoms with Crippen molar-refractivity contribution in [2.45, 2.75) is 71.0 Å². The van der Waals surface area contributed by atoms with E-state index in [2.05, 4.69) is 5.32 Å². The van der Waals surface area contributed by atoms with E-state index in [0.717, 1.165) is 9.87 Å². The molecule has 0 bridgehead atoms. The molecule has 0 aliphatic rings. The molecule has 11 heteroatoms. The summed E-state index contributed by atoms with van der Waals surface area (Å²) < 4.78 is 34.7. The first-order valence-electron chi connectivity index (χ1n) is 14.3. The summed E-state index contributed by atoms with van der Waals surface area (Å²) in [5, 5.41) is 3.61. The van der Waals surface area contributed by atoms with Gasteiger partial charge in [0.2, 0.25) is 11.8 Å². The second-order valence-electron chi connectivity index (χ2n) is 10.2. The highest BCUT2D eigenvalue weighted by Crippen LogP contribution is 2.29. The Hall–Kier alpha value is -3.27. The van der Waals surface area contributed by atoms with Crippen LogP contribution in [0.25, 0.3) is 0 Å². The van der Waals surface area contributed by atoms with E-state index in [9.17, 15) is 18.0 Å². The number of hydrogen-bond donors (Lipinski definition) is 1. The number of nitrogens with zero attached hydrogens (tertiary/aromatic N) is 2. The van der Waals surface area contributed by atoms with Crippen LogP contribution in [0, 0.1) is 6.92 Å². The largest absolute Gasteiger partial charge is 0.494 e. The van der Waals surface area contributed by atoms with E-state index in [1.54, 1.807) is 61.5 Å². The molecule has 0 aliphatic heterocycles. The average Bonchev–Trinajstić information content (AvgIpc) is 2.97. The summed E-state index contributed by atoms with van der Waals surface area (Å²) in [6, 6.07) is 16.9. The van der Waals surface area contributed by atoms with Gasteiger partial charge in [-0.3, -0.25) is 13.9 Å². The minimum Gasteiger partial charge on any atom is -0.494 e. The van der Waals surface area contributed by atoms with E-state index < -0.39 is 28.5 Å². The minimum absolute atomic E-state index is 0.0297. The first kappa shape index (κ1) is 34.2. The molecular formula is C32H39Cl2N3O5S. The maximum absolute atomic E-state index is 14.2. The van der Waals surface area contributed by atoms with Gasteiger partial charge in [-0.1, -0.05) is 60.8 Å². The number of nitrogens with one attached hydrogen (secondary N) is 1. The Morgan fingerprint density at radius 1 is 0.907 bits per heavy atom. The van der Waals surface area contributed by atoms with Crippen molar-refractivity contribution in [3.8, 4) is 5.75 Å². The highest BCUT2D eigenvalue weighted by atomic mass is 35.5. The van der Waals surface area contributed by atoms with Crippen molar-refractivity contribution in [1.82, 2.24) is 10.2 Å². The quantitative estimate of drug-likeness (QED) is 0.212. The lowest BCUT2D eigenvalue weighted by Gasteiger charge is -2.34. The van der Waals surface area contributed by atoms with Crippen LogP contribution in [-0.4, -0.2) is 50.4 Å². The maximum atomic E-state index is 14.2. The lowest BCUT2D eigenvalue weighted by atomic mass is 10.1. The summed E-state index contributed by atoms with van der Waals surface area (Å²) in [7, 11) is -4.20. The molecule has 3 rings (SSSR count). The lowest BCUT2D eigenvalue weighted by Crippen LogP contribution is -2.53. The number of anilines is 1. The Kier molecular flexibility index (Phi) is 12.3. The van der Waals surface area contributed by atoms with Gasteiger partial charge in [-0.2, -0.15) is 0 Å². The number of amides is 2. The normalized spacial score (nSPS) is 12.7. The van der Waals surface area contributed by atoms with Crippen molar-refractivity contribution in [2.75, 3.05) is 17.5 Å². The van der Waals surface area contributed by atoms with Gasteiger partial charge >= 0.3 is 0 Å². The highest BCUT2D eigenvalue weighted by Gasteiger charge is 2.34. The van der Waals surface area contributed by atoms with Crippen molar-refractivity contribution in [3.05, 3.63) is 87.9 Å². The Morgan fingerprint density at radius 3 is 2.05 bits per heavy atom. The third kappa shape index (κ3) is 8.65. The molecular weight excluding hydrogens is 609 g/mol. The fourth-order valence-electron chi connectivity index (χ4n) is 4.46. The summed E-state index contributed by atoms with van der Waals surface area (Å²) >= 11 is 13.0. The number of sulfonamides is 1. The van der Waals surface area contributed by atoms with Crippen LogP contribution in [0.4, 0.5) is 5.69 Å². The van der Waals surface area contributed by atoms with Crippen LogP contribution in [0.1, 0.15) is 51.7 Å². The summed E-state index contributed by atoms with van der Waals surface area (Å²) in [5.41, 5.74) is 1.62. The topological polar surface area (TPSA) is 96.0 Å². The first-order valence-corrected chi connectivity index (χ1v) is 16.5. The molecule has 0 saturated carbocycles. The molecule has 0 spiro atoms. The molecule has 1 N–H and O–H groups in total. The standard InChI is InChI=1S/C32H39Cl2N3O5S/c1-6-23(5)35-32(39)30(7-2)36(20-27-28(33)10-9-11-29(27)34)31(38)21-37(24-14-16-25(17-15-24)42-8-3)43(40,41)26-18-12-22(4)13-19-26/h9-19,23,30H,6-8,20-21H2,1-5H3,(H,35,39)/t23-,30-/m1/s1. The molecule has 0 aromatic heterocycles. The summed E-state index contributed by atoms with van der Waals surface area (Å²) in [6.45, 7) is 9.11. The van der Waals surface area contributed by atoms with E-state index in [1.807, 2.05) is 27.7 Å². The van der Waals surface area contributed by atoms with Crippen LogP contribution in [0.3, 0.4) is 0 Å². The monoisotopic (exact) mass is 647 g/mol. The zero-order valence-corrected chi connectivity index (χ0v) is 27.5. The van der Waals surface area contributed by atoms with Gasteiger partial charge in [0.25, 0.3) is 10.0 Å². The average molecular weight is 649 g/mol. The van der Waals surface area contributed by atoms with Gasteiger partial charge in [-0.25, -0.2) is 8.42 Å². The van der Waals surface area contributed by atoms with Crippen LogP contribution in [0.2, 0.25) is 10.0 Å². The highest BCUT2D eigenvalue weighted by molar-refractivity contribution is 7.92. The zero-order valence-electron chi connectivity index (χ0n) is 25.1. The molecule has 0 radical (unpaired) electrons. The fourth-order valence-corrected chi connectivity index (χ4v) is 6.39. The van der Waals surface area contributed by atoms with Gasteiger partial charge in [0.1, 0.15) is 18.3 Å². The second kappa shape index (κ2) is 15.5. The van der Waals surface area contributed by atoms with Crippen molar-refractivity contribution >= 4 is 50.7 Å². The van der Waals surface area contributed by atoms with E-state index in [4.69, 9.17) is 27.9 Å². The van der Waals surface area contributed by atoms with Gasteiger partial charge in [-0.05, 0) is 82.1 Å². The predicted octanol–water partition coefficient (Wildman–Crippen LogP) is 6.62. The van der Waals surface area contributed by atoms with Gasteiger partial charge < -0.3 is 15.0 Å². The van der Waals surface area contributed by atoms with Crippen LogP contribution in [0.5, 0.6) is 5.75 Å². The number of ether oxygens (including phenoxy) is 1. The predicted molar refractivity (Wildman–Crippen MR) is 172 cm³/mol. The molecule has 3 aromatic rings. The number of carbonyl (C=O) groups excluding carboxylic acids is 2. The SMILES string of the molecule is CCOc1ccc(N(CC(=O)N(Cc2c(Cl)cccc2Cl)[C@H](CC)C(=O)N[C@H](C)CC)S(=O)(=O)c2ccc(C)cc2)cc1. The van der Waals surface area contributed by atoms with E-state index in [-0.39, 0.29) is 35.5 Å². The molecule has 2 amide bonds. The van der Waals surface area contributed by atoms with Crippen LogP contribution in [0.15, 0.2) is 71.6 Å². The first-order chi connectivity index (χ1) is 20.4. The molecule has 2 atom stereocenters. The maximum Gasteiger partial charge on any atom is 0.264 e. The van der Waals surface area contributed by atoms with Gasteiger partial charge in [0, 0.05) is 28.2 Å². The van der Waals surface area contributed by atoms with Crippen molar-refractivity contribution < 1.29 is 22.7 Å². The van der Waals surface area contributed by atoms with Crippen molar-refractivity contribution in [3.63, 3.8) is 0 Å². The number of aryl methyl sites for hydroxylation is 1. The fraction of sp³-hybridized carbons (Fsp3) is 0.375. The third-order valence-corrected chi connectivity index (χ3v) is 9.60. The molecule has 0 heterocycles. The van der Waals surface area contributed by atoms with Gasteiger partial charge in [0.15, 0.2) is 0 Å². The summed E-state index contributed by atoms with van der Waals surface area (Å²) in [5.74, 6) is -0.373. The van der Waals surface area contributed by atoms with Crippen LogP contribution in [-0.2, 0) is 26.2 Å². The molecule has 0 saturated heterocycles. The van der Waals surface area contributed by atoms with Crippen molar-refractivity contribution in [1.29, 1.82) is 0 Å². The summed E-state index contributed by atoms with van der Waals surface area (Å²) in [4.78, 5) is 29.1. The molecule has 8 nitrogen and oxygen atoms in total. The summed E-state index contributed by atoms with van der Waals surface area (Å²) in [6.07, 6.45) is 0.983. The molecule has 0 unspecified atom stereocenters. The van der Waals surface area contributed by atoms with E-state index in [0.29, 0.717) is 34.4 Å². The third-order valence-electron chi connectivity index (χ3n) is 7.10. The number of rotatable bonds is 14. The number of hydrogen-bond acceptors (Lipinski definition) is 5. The zero-order chi connectivity index (χ0) is 31.7.